The molecule has 17 heavy (non-hydrogen) atoms. The quantitative estimate of drug-likeness (QED) is 0.633. The Morgan fingerprint density at radius 1 is 1.41 bits per heavy atom. The van der Waals surface area contributed by atoms with Gasteiger partial charge in [0.15, 0.2) is 11.4 Å². The van der Waals surface area contributed by atoms with Gasteiger partial charge in [0, 0.05) is 5.39 Å². The molecule has 1 heterocycles. The minimum Gasteiger partial charge on any atom is -0.456 e. The van der Waals surface area contributed by atoms with Crippen LogP contribution in [0, 0.1) is 11.7 Å². The normalized spacial score (nSPS) is 13.5. The first-order valence-electron chi connectivity index (χ1n) is 5.76. The summed E-state index contributed by atoms with van der Waals surface area (Å²) < 4.78 is 19.0. The Balaban J connectivity index is 2.37. The third-order valence-electron chi connectivity index (χ3n) is 2.77. The molecule has 0 spiro atoms. The minimum atomic E-state index is -0.339. The number of fused-ring (bicyclic) bond motifs is 1. The summed E-state index contributed by atoms with van der Waals surface area (Å²) >= 11 is 0. The van der Waals surface area contributed by atoms with Crippen LogP contribution in [0.5, 0.6) is 0 Å². The number of benzene rings is 1. The molecular weight excluding hydrogens is 219 g/mol. The SMILES string of the molecule is CC(C)CC(NN)c1cc2cccc(F)c2o1. The monoisotopic (exact) mass is 236 g/mol. The molecular formula is C13H17FN2O. The average molecular weight is 236 g/mol. The molecule has 0 saturated heterocycles. The van der Waals surface area contributed by atoms with E-state index in [0.29, 0.717) is 17.3 Å². The van der Waals surface area contributed by atoms with Gasteiger partial charge < -0.3 is 4.42 Å². The maximum Gasteiger partial charge on any atom is 0.169 e. The van der Waals surface area contributed by atoms with E-state index >= 15 is 0 Å². The Morgan fingerprint density at radius 3 is 2.76 bits per heavy atom. The van der Waals surface area contributed by atoms with Crippen LogP contribution in [-0.4, -0.2) is 0 Å². The zero-order valence-electron chi connectivity index (χ0n) is 10.0. The highest BCUT2D eigenvalue weighted by molar-refractivity contribution is 5.78. The van der Waals surface area contributed by atoms with Crippen LogP contribution in [-0.2, 0) is 0 Å². The molecule has 2 rings (SSSR count). The smallest absolute Gasteiger partial charge is 0.169 e. The maximum absolute atomic E-state index is 13.5. The number of furan rings is 1. The van der Waals surface area contributed by atoms with Gasteiger partial charge in [0.2, 0.25) is 0 Å². The van der Waals surface area contributed by atoms with Crippen molar-refractivity contribution in [2.24, 2.45) is 11.8 Å². The zero-order chi connectivity index (χ0) is 12.4. The highest BCUT2D eigenvalue weighted by atomic mass is 19.1. The van der Waals surface area contributed by atoms with Crippen molar-refractivity contribution < 1.29 is 8.81 Å². The van der Waals surface area contributed by atoms with Crippen molar-refractivity contribution in [3.05, 3.63) is 35.8 Å². The molecule has 0 fully saturated rings. The highest BCUT2D eigenvalue weighted by Crippen LogP contribution is 2.28. The fourth-order valence-corrected chi connectivity index (χ4v) is 1.96. The van der Waals surface area contributed by atoms with E-state index < -0.39 is 0 Å². The predicted molar refractivity (Wildman–Crippen MR) is 65.7 cm³/mol. The van der Waals surface area contributed by atoms with Crippen LogP contribution in [0.2, 0.25) is 0 Å². The van der Waals surface area contributed by atoms with Gasteiger partial charge >= 0.3 is 0 Å². The standard InChI is InChI=1S/C13H17FN2O/c1-8(2)6-11(16-15)12-7-9-4-3-5-10(14)13(9)17-12/h3-5,7-8,11,16H,6,15H2,1-2H3. The molecule has 0 aliphatic heterocycles. The fourth-order valence-electron chi connectivity index (χ4n) is 1.96. The number of halogens is 1. The predicted octanol–water partition coefficient (Wildman–Crippen LogP) is 3.12. The van der Waals surface area contributed by atoms with E-state index in [9.17, 15) is 4.39 Å². The molecule has 92 valence electrons. The molecule has 0 bridgehead atoms. The summed E-state index contributed by atoms with van der Waals surface area (Å²) in [7, 11) is 0. The number of hydrazine groups is 1. The van der Waals surface area contributed by atoms with E-state index in [1.807, 2.05) is 12.1 Å². The lowest BCUT2D eigenvalue weighted by atomic mass is 10.0. The zero-order valence-corrected chi connectivity index (χ0v) is 10.0. The number of rotatable bonds is 4. The molecule has 4 heteroatoms. The largest absolute Gasteiger partial charge is 0.456 e. The molecule has 1 atom stereocenters. The van der Waals surface area contributed by atoms with E-state index in [0.717, 1.165) is 11.8 Å². The van der Waals surface area contributed by atoms with Crippen LogP contribution in [0.1, 0.15) is 32.1 Å². The van der Waals surface area contributed by atoms with E-state index in [2.05, 4.69) is 19.3 Å². The van der Waals surface area contributed by atoms with Crippen LogP contribution in [0.15, 0.2) is 28.7 Å². The highest BCUT2D eigenvalue weighted by Gasteiger charge is 2.17. The third-order valence-corrected chi connectivity index (χ3v) is 2.77. The molecule has 3 N–H and O–H groups in total. The molecule has 3 nitrogen and oxygen atoms in total. The van der Waals surface area contributed by atoms with Gasteiger partial charge in [-0.15, -0.1) is 0 Å². The van der Waals surface area contributed by atoms with Gasteiger partial charge in [-0.25, -0.2) is 9.82 Å². The molecule has 1 unspecified atom stereocenters. The number of nitrogens with two attached hydrogens (primary N) is 1. The van der Waals surface area contributed by atoms with Crippen molar-refractivity contribution in [2.75, 3.05) is 0 Å². The topological polar surface area (TPSA) is 51.2 Å². The lowest BCUT2D eigenvalue weighted by Crippen LogP contribution is -2.28. The Bertz CT molecular complexity index is 507. The first kappa shape index (κ1) is 12.1. The van der Waals surface area contributed by atoms with Gasteiger partial charge in [-0.05, 0) is 24.5 Å². The Kier molecular flexibility index (Phi) is 3.45. The van der Waals surface area contributed by atoms with Crippen molar-refractivity contribution in [1.82, 2.24) is 5.43 Å². The number of hydrogen-bond acceptors (Lipinski definition) is 3. The summed E-state index contributed by atoms with van der Waals surface area (Å²) in [6.45, 7) is 4.21. The van der Waals surface area contributed by atoms with Gasteiger partial charge in [0.1, 0.15) is 5.76 Å². The van der Waals surface area contributed by atoms with Crippen molar-refractivity contribution in [3.8, 4) is 0 Å². The fraction of sp³-hybridized carbons (Fsp3) is 0.385. The Morgan fingerprint density at radius 2 is 2.18 bits per heavy atom. The van der Waals surface area contributed by atoms with Crippen LogP contribution in [0.3, 0.4) is 0 Å². The summed E-state index contributed by atoms with van der Waals surface area (Å²) in [5, 5.41) is 0.768. The number of nitrogens with one attached hydrogen (secondary N) is 1. The van der Waals surface area contributed by atoms with Crippen molar-refractivity contribution in [2.45, 2.75) is 26.3 Å². The van der Waals surface area contributed by atoms with Gasteiger partial charge in [-0.1, -0.05) is 26.0 Å². The summed E-state index contributed by atoms with van der Waals surface area (Å²) in [5.41, 5.74) is 3.01. The average Bonchev–Trinajstić information content (AvgIpc) is 2.70. The maximum atomic E-state index is 13.5. The Labute approximate surface area is 99.8 Å². The van der Waals surface area contributed by atoms with Crippen molar-refractivity contribution in [3.63, 3.8) is 0 Å². The lowest BCUT2D eigenvalue weighted by Gasteiger charge is -2.15. The molecule has 0 aliphatic carbocycles. The summed E-state index contributed by atoms with van der Waals surface area (Å²) in [6, 6.07) is 6.65. The first-order valence-corrected chi connectivity index (χ1v) is 5.76. The van der Waals surface area contributed by atoms with Crippen LogP contribution in [0.25, 0.3) is 11.0 Å². The summed E-state index contributed by atoms with van der Waals surface area (Å²) in [5.74, 6) is 6.33. The second-order valence-corrected chi connectivity index (χ2v) is 4.66. The van der Waals surface area contributed by atoms with Crippen LogP contribution < -0.4 is 11.3 Å². The van der Waals surface area contributed by atoms with Crippen molar-refractivity contribution >= 4 is 11.0 Å². The number of hydrogen-bond donors (Lipinski definition) is 2. The second-order valence-electron chi connectivity index (χ2n) is 4.66. The lowest BCUT2D eigenvalue weighted by molar-refractivity contribution is 0.373. The first-order chi connectivity index (χ1) is 8.11. The third kappa shape index (κ3) is 2.48. The molecule has 1 aromatic carbocycles. The van der Waals surface area contributed by atoms with E-state index in [1.54, 1.807) is 6.07 Å². The second kappa shape index (κ2) is 4.85. The molecule has 1 aromatic heterocycles. The molecule has 2 aromatic rings. The van der Waals surface area contributed by atoms with E-state index in [1.165, 1.54) is 6.07 Å². The van der Waals surface area contributed by atoms with Crippen LogP contribution >= 0.6 is 0 Å². The van der Waals surface area contributed by atoms with Gasteiger partial charge in [-0.3, -0.25) is 5.84 Å². The molecule has 0 amide bonds. The van der Waals surface area contributed by atoms with E-state index in [-0.39, 0.29) is 11.9 Å². The summed E-state index contributed by atoms with van der Waals surface area (Å²) in [4.78, 5) is 0. The number of para-hydroxylation sites is 1. The van der Waals surface area contributed by atoms with E-state index in [4.69, 9.17) is 10.3 Å². The van der Waals surface area contributed by atoms with Crippen molar-refractivity contribution in [1.29, 1.82) is 0 Å². The van der Waals surface area contributed by atoms with Gasteiger partial charge in [0.05, 0.1) is 6.04 Å². The summed E-state index contributed by atoms with van der Waals surface area (Å²) in [6.07, 6.45) is 0.845. The Hall–Kier alpha value is -1.39. The molecule has 0 aliphatic rings. The van der Waals surface area contributed by atoms with Crippen LogP contribution in [0.4, 0.5) is 4.39 Å². The minimum absolute atomic E-state index is 0.0817. The van der Waals surface area contributed by atoms with Gasteiger partial charge in [0.25, 0.3) is 0 Å². The van der Waals surface area contributed by atoms with Gasteiger partial charge in [-0.2, -0.15) is 0 Å². The molecule has 0 radical (unpaired) electrons. The molecule has 0 saturated carbocycles.